The van der Waals surface area contributed by atoms with E-state index in [9.17, 15) is 4.79 Å². The molecule has 0 saturated carbocycles. The predicted octanol–water partition coefficient (Wildman–Crippen LogP) is 2.35. The van der Waals surface area contributed by atoms with E-state index >= 15 is 0 Å². The van der Waals surface area contributed by atoms with Crippen molar-refractivity contribution >= 4 is 28.6 Å². The van der Waals surface area contributed by atoms with E-state index in [0.29, 0.717) is 18.9 Å². The molecule has 0 amide bonds. The summed E-state index contributed by atoms with van der Waals surface area (Å²) in [5.41, 5.74) is 1.58. The van der Waals surface area contributed by atoms with Crippen LogP contribution in [0.3, 0.4) is 0 Å². The van der Waals surface area contributed by atoms with Gasteiger partial charge in [-0.05, 0) is 41.6 Å². The van der Waals surface area contributed by atoms with Crippen LogP contribution in [0.25, 0.3) is 11.3 Å². The highest BCUT2D eigenvalue weighted by Crippen LogP contribution is 2.23. The first-order chi connectivity index (χ1) is 11.2. The summed E-state index contributed by atoms with van der Waals surface area (Å²) in [4.78, 5) is 12.3. The van der Waals surface area contributed by atoms with E-state index in [1.807, 2.05) is 24.3 Å². The minimum Gasteiger partial charge on any atom is -0.461 e. The van der Waals surface area contributed by atoms with Gasteiger partial charge in [0.25, 0.3) is 0 Å². The average molecular weight is 431 g/mol. The van der Waals surface area contributed by atoms with Crippen LogP contribution in [-0.2, 0) is 20.9 Å². The summed E-state index contributed by atoms with van der Waals surface area (Å²) in [6.07, 6.45) is 0. The van der Waals surface area contributed by atoms with E-state index in [-0.39, 0.29) is 19.0 Å². The Kier molecular flexibility index (Phi) is 6.93. The van der Waals surface area contributed by atoms with Gasteiger partial charge in [0, 0.05) is 16.2 Å². The Morgan fingerprint density at radius 3 is 2.87 bits per heavy atom. The standard InChI is InChI=1S/C15H18IN3O4/c1-3-23-15(20)14-13(11-5-4-6-12(16)9-11)17-18-19(14)10-22-8-7-21-2/h4-6,9H,3,7-8,10H2,1-2H3. The number of benzene rings is 1. The molecule has 0 aliphatic rings. The summed E-state index contributed by atoms with van der Waals surface area (Å²) >= 11 is 2.21. The molecule has 0 atom stereocenters. The maximum Gasteiger partial charge on any atom is 0.359 e. The number of aromatic nitrogens is 3. The maximum atomic E-state index is 12.3. The second kappa shape index (κ2) is 8.94. The molecule has 0 aliphatic carbocycles. The Bertz CT molecular complexity index is 660. The van der Waals surface area contributed by atoms with Crippen LogP contribution in [0.2, 0.25) is 0 Å². The lowest BCUT2D eigenvalue weighted by molar-refractivity contribution is 0.0233. The fourth-order valence-electron chi connectivity index (χ4n) is 1.93. The molecule has 1 aromatic carbocycles. The van der Waals surface area contributed by atoms with E-state index in [1.165, 1.54) is 4.68 Å². The Morgan fingerprint density at radius 1 is 1.35 bits per heavy atom. The SMILES string of the molecule is CCOC(=O)c1c(-c2cccc(I)c2)nnn1COCCOC. The summed E-state index contributed by atoms with van der Waals surface area (Å²) in [5.74, 6) is -0.471. The van der Waals surface area contributed by atoms with Gasteiger partial charge in [0.15, 0.2) is 5.69 Å². The second-order valence-electron chi connectivity index (χ2n) is 4.55. The van der Waals surface area contributed by atoms with Crippen LogP contribution in [0.4, 0.5) is 0 Å². The van der Waals surface area contributed by atoms with Crippen molar-refractivity contribution < 1.29 is 19.0 Å². The van der Waals surface area contributed by atoms with Gasteiger partial charge in [-0.25, -0.2) is 9.48 Å². The molecule has 0 spiro atoms. The molecule has 8 heteroatoms. The lowest BCUT2D eigenvalue weighted by Crippen LogP contribution is -2.16. The highest BCUT2D eigenvalue weighted by atomic mass is 127. The molecule has 2 rings (SSSR count). The molecule has 0 N–H and O–H groups in total. The summed E-state index contributed by atoms with van der Waals surface area (Å²) in [6.45, 7) is 3.01. The number of methoxy groups -OCH3 is 1. The topological polar surface area (TPSA) is 75.5 Å². The Labute approximate surface area is 148 Å². The quantitative estimate of drug-likeness (QED) is 0.363. The average Bonchev–Trinajstić information content (AvgIpc) is 2.96. The third kappa shape index (κ3) is 4.72. The van der Waals surface area contributed by atoms with Crippen LogP contribution >= 0.6 is 22.6 Å². The largest absolute Gasteiger partial charge is 0.461 e. The summed E-state index contributed by atoms with van der Waals surface area (Å²) in [7, 11) is 1.60. The molecule has 0 aliphatic heterocycles. The smallest absolute Gasteiger partial charge is 0.359 e. The molecule has 0 saturated heterocycles. The second-order valence-corrected chi connectivity index (χ2v) is 5.79. The van der Waals surface area contributed by atoms with E-state index in [2.05, 4.69) is 32.9 Å². The monoisotopic (exact) mass is 431 g/mol. The van der Waals surface area contributed by atoms with Crippen molar-refractivity contribution in [2.24, 2.45) is 0 Å². The third-order valence-electron chi connectivity index (χ3n) is 2.95. The van der Waals surface area contributed by atoms with Crippen LogP contribution in [-0.4, -0.2) is 47.9 Å². The van der Waals surface area contributed by atoms with Crippen molar-refractivity contribution in [2.45, 2.75) is 13.7 Å². The third-order valence-corrected chi connectivity index (χ3v) is 3.62. The summed E-state index contributed by atoms with van der Waals surface area (Å²) in [5, 5.41) is 8.15. The number of esters is 1. The predicted molar refractivity (Wildman–Crippen MR) is 92.0 cm³/mol. The van der Waals surface area contributed by atoms with Crippen molar-refractivity contribution in [3.05, 3.63) is 33.5 Å². The van der Waals surface area contributed by atoms with Gasteiger partial charge in [-0.2, -0.15) is 0 Å². The fraction of sp³-hybridized carbons (Fsp3) is 0.400. The molecular weight excluding hydrogens is 413 g/mol. The van der Waals surface area contributed by atoms with E-state index < -0.39 is 5.97 Å². The van der Waals surface area contributed by atoms with Gasteiger partial charge in [0.1, 0.15) is 12.4 Å². The van der Waals surface area contributed by atoms with Crippen molar-refractivity contribution in [3.8, 4) is 11.3 Å². The Morgan fingerprint density at radius 2 is 2.17 bits per heavy atom. The first-order valence-corrected chi connectivity index (χ1v) is 8.18. The molecular formula is C15H18IN3O4. The number of hydrogen-bond acceptors (Lipinski definition) is 6. The van der Waals surface area contributed by atoms with Gasteiger partial charge in [-0.15, -0.1) is 5.10 Å². The number of rotatable bonds is 8. The minimum atomic E-state index is -0.471. The van der Waals surface area contributed by atoms with Crippen molar-refractivity contribution in [1.29, 1.82) is 0 Å². The Balaban J connectivity index is 2.31. The van der Waals surface area contributed by atoms with Crippen LogP contribution in [0.1, 0.15) is 17.4 Å². The van der Waals surface area contributed by atoms with Gasteiger partial charge in [-0.3, -0.25) is 0 Å². The van der Waals surface area contributed by atoms with Gasteiger partial charge in [0.05, 0.1) is 19.8 Å². The van der Waals surface area contributed by atoms with E-state index in [4.69, 9.17) is 14.2 Å². The number of hydrogen-bond donors (Lipinski definition) is 0. The zero-order chi connectivity index (χ0) is 16.7. The van der Waals surface area contributed by atoms with Crippen LogP contribution in [0, 0.1) is 3.57 Å². The molecule has 0 radical (unpaired) electrons. The molecule has 124 valence electrons. The molecule has 7 nitrogen and oxygen atoms in total. The minimum absolute atomic E-state index is 0.106. The van der Waals surface area contributed by atoms with Crippen molar-refractivity contribution in [3.63, 3.8) is 0 Å². The zero-order valence-electron chi connectivity index (χ0n) is 13.0. The van der Waals surface area contributed by atoms with Crippen LogP contribution in [0.5, 0.6) is 0 Å². The fourth-order valence-corrected chi connectivity index (χ4v) is 2.47. The van der Waals surface area contributed by atoms with Gasteiger partial charge in [-0.1, -0.05) is 17.3 Å². The van der Waals surface area contributed by atoms with Gasteiger partial charge >= 0.3 is 5.97 Å². The number of halogens is 1. The van der Waals surface area contributed by atoms with Gasteiger partial charge in [0.2, 0.25) is 0 Å². The summed E-state index contributed by atoms with van der Waals surface area (Å²) < 4.78 is 17.9. The zero-order valence-corrected chi connectivity index (χ0v) is 15.1. The molecule has 23 heavy (non-hydrogen) atoms. The first-order valence-electron chi connectivity index (χ1n) is 7.10. The number of carbonyl (C=O) groups excluding carboxylic acids is 1. The Hall–Kier alpha value is -1.52. The first kappa shape index (κ1) is 17.8. The van der Waals surface area contributed by atoms with E-state index in [1.54, 1.807) is 14.0 Å². The molecule has 2 aromatic rings. The van der Waals surface area contributed by atoms with E-state index in [0.717, 1.165) is 9.13 Å². The lowest BCUT2D eigenvalue weighted by atomic mass is 10.1. The van der Waals surface area contributed by atoms with Crippen molar-refractivity contribution in [2.75, 3.05) is 26.9 Å². The maximum absolute atomic E-state index is 12.3. The highest BCUT2D eigenvalue weighted by Gasteiger charge is 2.23. The van der Waals surface area contributed by atoms with Crippen molar-refractivity contribution in [1.82, 2.24) is 15.0 Å². The lowest BCUT2D eigenvalue weighted by Gasteiger charge is -2.08. The number of nitrogens with zero attached hydrogens (tertiary/aromatic N) is 3. The molecule has 1 aromatic heterocycles. The van der Waals surface area contributed by atoms with Crippen LogP contribution < -0.4 is 0 Å². The number of ether oxygens (including phenoxy) is 3. The summed E-state index contributed by atoms with van der Waals surface area (Å²) in [6, 6.07) is 7.68. The van der Waals surface area contributed by atoms with Gasteiger partial charge < -0.3 is 14.2 Å². The molecule has 0 unspecified atom stereocenters. The highest BCUT2D eigenvalue weighted by molar-refractivity contribution is 14.1. The number of carbonyl (C=O) groups is 1. The van der Waals surface area contributed by atoms with Crippen LogP contribution in [0.15, 0.2) is 24.3 Å². The molecule has 0 bridgehead atoms. The normalized spacial score (nSPS) is 10.7. The molecule has 0 fully saturated rings. The molecule has 1 heterocycles.